The van der Waals surface area contributed by atoms with Crippen molar-refractivity contribution in [2.75, 3.05) is 26.0 Å². The van der Waals surface area contributed by atoms with E-state index in [-0.39, 0.29) is 0 Å². The molecule has 0 aliphatic rings. The second-order valence-corrected chi connectivity index (χ2v) is 2.40. The Morgan fingerprint density at radius 3 is 2.64 bits per heavy atom. The quantitative estimate of drug-likeness (QED) is 0.659. The van der Waals surface area contributed by atoms with Gasteiger partial charge in [0.1, 0.15) is 0 Å². The van der Waals surface area contributed by atoms with Crippen LogP contribution in [0.2, 0.25) is 0 Å². The van der Waals surface area contributed by atoms with Crippen LogP contribution in [0.3, 0.4) is 0 Å². The van der Waals surface area contributed by atoms with Gasteiger partial charge in [-0.05, 0) is 7.05 Å². The van der Waals surface area contributed by atoms with Crippen molar-refractivity contribution in [1.29, 1.82) is 0 Å². The van der Waals surface area contributed by atoms with Crippen molar-refractivity contribution in [3.63, 3.8) is 0 Å². The number of aromatic nitrogens is 2. The first-order chi connectivity index (χ1) is 5.24. The maximum absolute atomic E-state index is 5.23. The van der Waals surface area contributed by atoms with Gasteiger partial charge in [-0.2, -0.15) is 0 Å². The summed E-state index contributed by atoms with van der Waals surface area (Å²) in [5.41, 5.74) is 0. The lowest BCUT2D eigenvalue weighted by atomic mass is 10.6. The van der Waals surface area contributed by atoms with Gasteiger partial charge in [0, 0.05) is 14.1 Å². The van der Waals surface area contributed by atoms with E-state index in [0.29, 0.717) is 18.5 Å². The van der Waals surface area contributed by atoms with Gasteiger partial charge in [-0.1, -0.05) is 5.10 Å². The molecular weight excluding hydrogens is 144 g/mol. The van der Waals surface area contributed by atoms with Crippen LogP contribution in [0.1, 0.15) is 5.89 Å². The highest BCUT2D eigenvalue weighted by atomic mass is 16.4. The molecule has 5 nitrogen and oxygen atoms in total. The molecule has 1 N–H and O–H groups in total. The first kappa shape index (κ1) is 8.00. The fourth-order valence-electron chi connectivity index (χ4n) is 0.648. The Morgan fingerprint density at radius 2 is 2.18 bits per heavy atom. The predicted octanol–water partition coefficient (Wildman–Crippen LogP) is -0.145. The molecule has 0 unspecified atom stereocenters. The molecule has 0 bridgehead atoms. The van der Waals surface area contributed by atoms with E-state index in [4.69, 9.17) is 4.42 Å². The molecule has 0 amide bonds. The molecule has 5 heteroatoms. The Kier molecular flexibility index (Phi) is 2.43. The normalized spacial score (nSPS) is 10.1. The van der Waals surface area contributed by atoms with Crippen LogP contribution in [0.15, 0.2) is 4.42 Å². The maximum Gasteiger partial charge on any atom is 0.317 e. The minimum atomic E-state index is 0.537. The average Bonchev–Trinajstić information content (AvgIpc) is 2.37. The van der Waals surface area contributed by atoms with Gasteiger partial charge in [-0.15, -0.1) is 5.10 Å². The SMILES string of the molecule is CNCc1nnc(N(C)C)o1. The van der Waals surface area contributed by atoms with Crippen molar-refractivity contribution in [3.8, 4) is 0 Å². The molecule has 0 fully saturated rings. The van der Waals surface area contributed by atoms with Gasteiger partial charge >= 0.3 is 6.01 Å². The molecule has 0 atom stereocenters. The van der Waals surface area contributed by atoms with E-state index in [2.05, 4.69) is 15.5 Å². The molecule has 1 aromatic heterocycles. The van der Waals surface area contributed by atoms with Crippen molar-refractivity contribution < 1.29 is 4.42 Å². The Morgan fingerprint density at radius 1 is 1.45 bits per heavy atom. The Bertz CT molecular complexity index is 220. The van der Waals surface area contributed by atoms with Crippen LogP contribution in [-0.4, -0.2) is 31.3 Å². The lowest BCUT2D eigenvalue weighted by Crippen LogP contribution is -2.08. The number of hydrogen-bond donors (Lipinski definition) is 1. The number of hydrogen-bond acceptors (Lipinski definition) is 5. The highest BCUT2D eigenvalue weighted by molar-refractivity contribution is 5.19. The van der Waals surface area contributed by atoms with E-state index in [9.17, 15) is 0 Å². The average molecular weight is 156 g/mol. The van der Waals surface area contributed by atoms with Crippen molar-refractivity contribution in [1.82, 2.24) is 15.5 Å². The van der Waals surface area contributed by atoms with Crippen LogP contribution in [0, 0.1) is 0 Å². The number of nitrogens with zero attached hydrogens (tertiary/aromatic N) is 3. The summed E-state index contributed by atoms with van der Waals surface area (Å²) >= 11 is 0. The molecule has 0 saturated carbocycles. The molecule has 0 aromatic carbocycles. The van der Waals surface area contributed by atoms with Crippen LogP contribution in [0.25, 0.3) is 0 Å². The second-order valence-electron chi connectivity index (χ2n) is 2.40. The summed E-state index contributed by atoms with van der Waals surface area (Å²) in [6.07, 6.45) is 0. The number of nitrogens with one attached hydrogen (secondary N) is 1. The standard InChI is InChI=1S/C6H12N4O/c1-7-4-5-8-9-6(11-5)10(2)3/h7H,4H2,1-3H3. The lowest BCUT2D eigenvalue weighted by molar-refractivity contribution is 0.481. The third-order valence-electron chi connectivity index (χ3n) is 1.17. The summed E-state index contributed by atoms with van der Waals surface area (Å²) in [5, 5.41) is 10.5. The van der Waals surface area contributed by atoms with Crippen molar-refractivity contribution in [2.24, 2.45) is 0 Å². The molecule has 0 spiro atoms. The smallest absolute Gasteiger partial charge is 0.317 e. The van der Waals surface area contributed by atoms with Crippen molar-refractivity contribution in [3.05, 3.63) is 5.89 Å². The summed E-state index contributed by atoms with van der Waals surface area (Å²) in [4.78, 5) is 1.77. The topological polar surface area (TPSA) is 54.2 Å². The van der Waals surface area contributed by atoms with Crippen LogP contribution in [-0.2, 0) is 6.54 Å². The Labute approximate surface area is 65.4 Å². The summed E-state index contributed by atoms with van der Waals surface area (Å²) in [6.45, 7) is 0.612. The summed E-state index contributed by atoms with van der Waals surface area (Å²) < 4.78 is 5.23. The van der Waals surface area contributed by atoms with E-state index >= 15 is 0 Å². The first-order valence-corrected chi connectivity index (χ1v) is 3.38. The number of rotatable bonds is 3. The van der Waals surface area contributed by atoms with Gasteiger partial charge in [-0.3, -0.25) is 0 Å². The Balaban J connectivity index is 2.66. The zero-order chi connectivity index (χ0) is 8.27. The Hall–Kier alpha value is -1.10. The van der Waals surface area contributed by atoms with Crippen LogP contribution < -0.4 is 10.2 Å². The van der Waals surface area contributed by atoms with Gasteiger partial charge < -0.3 is 14.6 Å². The van der Waals surface area contributed by atoms with Gasteiger partial charge in [0.2, 0.25) is 5.89 Å². The zero-order valence-corrected chi connectivity index (χ0v) is 6.96. The van der Waals surface area contributed by atoms with Crippen molar-refractivity contribution >= 4 is 6.01 Å². The minimum absolute atomic E-state index is 0.537. The highest BCUT2D eigenvalue weighted by Crippen LogP contribution is 2.07. The summed E-state index contributed by atoms with van der Waals surface area (Å²) in [6, 6.07) is 0.537. The molecule has 1 aromatic rings. The van der Waals surface area contributed by atoms with Gasteiger partial charge in [-0.25, -0.2) is 0 Å². The molecule has 62 valence electrons. The van der Waals surface area contributed by atoms with E-state index in [0.717, 1.165) is 0 Å². The van der Waals surface area contributed by atoms with E-state index in [1.807, 2.05) is 21.1 Å². The zero-order valence-electron chi connectivity index (χ0n) is 6.96. The molecule has 0 radical (unpaired) electrons. The summed E-state index contributed by atoms with van der Waals surface area (Å²) in [7, 11) is 5.55. The molecule has 0 saturated heterocycles. The monoisotopic (exact) mass is 156 g/mol. The van der Waals surface area contributed by atoms with Gasteiger partial charge in [0.05, 0.1) is 6.54 Å². The maximum atomic E-state index is 5.23. The lowest BCUT2D eigenvalue weighted by Gasteiger charge is -2.02. The fraction of sp³-hybridized carbons (Fsp3) is 0.667. The third-order valence-corrected chi connectivity index (χ3v) is 1.17. The van der Waals surface area contributed by atoms with Crippen LogP contribution in [0.5, 0.6) is 0 Å². The summed E-state index contributed by atoms with van der Waals surface area (Å²) in [5.74, 6) is 0.608. The number of anilines is 1. The second kappa shape index (κ2) is 3.34. The van der Waals surface area contributed by atoms with Crippen LogP contribution in [0.4, 0.5) is 6.01 Å². The predicted molar refractivity (Wildman–Crippen MR) is 41.4 cm³/mol. The molecule has 0 aliphatic carbocycles. The molecule has 0 aliphatic heterocycles. The van der Waals surface area contributed by atoms with Gasteiger partial charge in [0.25, 0.3) is 0 Å². The van der Waals surface area contributed by atoms with Crippen molar-refractivity contribution in [2.45, 2.75) is 6.54 Å². The van der Waals surface area contributed by atoms with E-state index in [1.54, 1.807) is 4.90 Å². The largest absolute Gasteiger partial charge is 0.407 e. The minimum Gasteiger partial charge on any atom is -0.407 e. The first-order valence-electron chi connectivity index (χ1n) is 3.38. The molecule has 1 heterocycles. The van der Waals surface area contributed by atoms with Crippen LogP contribution >= 0.6 is 0 Å². The molecular formula is C6H12N4O. The fourth-order valence-corrected chi connectivity index (χ4v) is 0.648. The highest BCUT2D eigenvalue weighted by Gasteiger charge is 2.05. The van der Waals surface area contributed by atoms with E-state index < -0.39 is 0 Å². The van der Waals surface area contributed by atoms with Gasteiger partial charge in [0.15, 0.2) is 0 Å². The molecule has 11 heavy (non-hydrogen) atoms. The molecule has 1 rings (SSSR count). The third kappa shape index (κ3) is 1.91. The van der Waals surface area contributed by atoms with E-state index in [1.165, 1.54) is 0 Å².